The van der Waals surface area contributed by atoms with E-state index in [-0.39, 0.29) is 10.7 Å². The van der Waals surface area contributed by atoms with Gasteiger partial charge in [0, 0.05) is 5.41 Å². The van der Waals surface area contributed by atoms with E-state index in [1.54, 1.807) is 0 Å². The Kier molecular flexibility index (Phi) is 1.81. The van der Waals surface area contributed by atoms with E-state index >= 15 is 0 Å². The van der Waals surface area contributed by atoms with E-state index in [2.05, 4.69) is 6.92 Å². The second-order valence-electron chi connectivity index (χ2n) is 5.83. The molecule has 2 heteroatoms. The second kappa shape index (κ2) is 2.75. The molecule has 3 unspecified atom stereocenters. The van der Waals surface area contributed by atoms with Gasteiger partial charge in [0.2, 0.25) is 5.24 Å². The maximum absolute atomic E-state index is 11.7. The van der Waals surface area contributed by atoms with Crippen LogP contribution in [0.2, 0.25) is 0 Å². The molecule has 4 rings (SSSR count). The first-order valence-electron chi connectivity index (χ1n) is 5.82. The third kappa shape index (κ3) is 0.997. The van der Waals surface area contributed by atoms with Crippen LogP contribution in [0, 0.1) is 29.1 Å². The van der Waals surface area contributed by atoms with Crippen LogP contribution in [-0.2, 0) is 4.79 Å². The standard InChI is InChI=1S/C12H17ClO/c1-7-10-3-8-2-9(4-10)6-12(7,5-8)11(13)14/h7-10H,2-6H2,1H3. The average Bonchev–Trinajstić information content (AvgIpc) is 2.12. The van der Waals surface area contributed by atoms with Gasteiger partial charge in [-0.15, -0.1) is 0 Å². The highest BCUT2D eigenvalue weighted by atomic mass is 35.5. The number of hydrogen-bond donors (Lipinski definition) is 0. The molecule has 0 aromatic heterocycles. The van der Waals surface area contributed by atoms with Crippen LogP contribution in [0.3, 0.4) is 0 Å². The average molecular weight is 213 g/mol. The normalized spacial score (nSPS) is 55.0. The lowest BCUT2D eigenvalue weighted by Crippen LogP contribution is -2.54. The Labute approximate surface area is 90.2 Å². The molecule has 0 aromatic rings. The molecule has 4 bridgehead atoms. The highest BCUT2D eigenvalue weighted by Gasteiger charge is 2.58. The largest absolute Gasteiger partial charge is 0.281 e. The van der Waals surface area contributed by atoms with Gasteiger partial charge < -0.3 is 0 Å². The van der Waals surface area contributed by atoms with Crippen molar-refractivity contribution in [1.29, 1.82) is 0 Å². The summed E-state index contributed by atoms with van der Waals surface area (Å²) in [5.41, 5.74) is -0.115. The zero-order chi connectivity index (χ0) is 9.92. The molecule has 0 N–H and O–H groups in total. The first kappa shape index (κ1) is 9.21. The van der Waals surface area contributed by atoms with Crippen molar-refractivity contribution in [2.45, 2.75) is 39.0 Å². The summed E-state index contributed by atoms with van der Waals surface area (Å²) in [4.78, 5) is 11.7. The molecular formula is C12H17ClO. The van der Waals surface area contributed by atoms with Crippen molar-refractivity contribution in [2.75, 3.05) is 0 Å². The first-order valence-corrected chi connectivity index (χ1v) is 6.19. The summed E-state index contributed by atoms with van der Waals surface area (Å²) in [5, 5.41) is -0.0379. The van der Waals surface area contributed by atoms with E-state index in [4.69, 9.17) is 11.6 Å². The predicted octanol–water partition coefficient (Wildman–Crippen LogP) is 3.21. The maximum Gasteiger partial charge on any atom is 0.228 e. The molecule has 3 atom stereocenters. The van der Waals surface area contributed by atoms with Crippen LogP contribution in [0.5, 0.6) is 0 Å². The lowest BCUT2D eigenvalue weighted by molar-refractivity contribution is -0.146. The van der Waals surface area contributed by atoms with Crippen LogP contribution >= 0.6 is 11.6 Å². The molecule has 14 heavy (non-hydrogen) atoms. The van der Waals surface area contributed by atoms with Crippen molar-refractivity contribution in [3.63, 3.8) is 0 Å². The fourth-order valence-corrected chi connectivity index (χ4v) is 4.96. The quantitative estimate of drug-likeness (QED) is 0.610. The number of halogens is 1. The fraction of sp³-hybridized carbons (Fsp3) is 0.917. The molecule has 0 radical (unpaired) electrons. The molecule has 0 amide bonds. The molecule has 4 saturated carbocycles. The fourth-order valence-electron chi connectivity index (χ4n) is 4.63. The Morgan fingerprint density at radius 2 is 1.79 bits per heavy atom. The van der Waals surface area contributed by atoms with E-state index in [9.17, 15) is 4.79 Å². The van der Waals surface area contributed by atoms with Crippen LogP contribution in [0.25, 0.3) is 0 Å². The molecular weight excluding hydrogens is 196 g/mol. The summed E-state index contributed by atoms with van der Waals surface area (Å²) in [6.45, 7) is 2.25. The van der Waals surface area contributed by atoms with Gasteiger partial charge in [0.15, 0.2) is 0 Å². The van der Waals surface area contributed by atoms with E-state index in [0.29, 0.717) is 5.92 Å². The number of rotatable bonds is 1. The smallest absolute Gasteiger partial charge is 0.228 e. The van der Waals surface area contributed by atoms with Gasteiger partial charge in [-0.2, -0.15) is 0 Å². The Balaban J connectivity index is 2.01. The predicted molar refractivity (Wildman–Crippen MR) is 56.0 cm³/mol. The minimum absolute atomic E-state index is 0.0379. The summed E-state index contributed by atoms with van der Waals surface area (Å²) in [7, 11) is 0. The SMILES string of the molecule is CC1C2CC3CC(C2)CC1(C(=O)Cl)C3. The Bertz CT molecular complexity index is 272. The van der Waals surface area contributed by atoms with Crippen LogP contribution in [0.4, 0.5) is 0 Å². The lowest BCUT2D eigenvalue weighted by Gasteiger charge is -2.59. The monoisotopic (exact) mass is 212 g/mol. The third-order valence-electron chi connectivity index (χ3n) is 5.21. The third-order valence-corrected chi connectivity index (χ3v) is 5.59. The zero-order valence-electron chi connectivity index (χ0n) is 8.63. The Hall–Kier alpha value is -0.0400. The number of hydrogen-bond acceptors (Lipinski definition) is 1. The molecule has 0 heterocycles. The lowest BCUT2D eigenvalue weighted by atomic mass is 9.46. The summed E-state index contributed by atoms with van der Waals surface area (Å²) in [5.74, 6) is 2.96. The first-order chi connectivity index (χ1) is 6.62. The van der Waals surface area contributed by atoms with Gasteiger partial charge in [0.25, 0.3) is 0 Å². The summed E-state index contributed by atoms with van der Waals surface area (Å²) in [6.07, 6.45) is 6.27. The minimum Gasteiger partial charge on any atom is -0.281 e. The van der Waals surface area contributed by atoms with Crippen molar-refractivity contribution in [2.24, 2.45) is 29.1 Å². The van der Waals surface area contributed by atoms with Gasteiger partial charge in [-0.25, -0.2) is 0 Å². The van der Waals surface area contributed by atoms with Gasteiger partial charge in [-0.3, -0.25) is 4.79 Å². The van der Waals surface area contributed by atoms with Crippen molar-refractivity contribution in [3.05, 3.63) is 0 Å². The second-order valence-corrected chi connectivity index (χ2v) is 6.17. The van der Waals surface area contributed by atoms with Gasteiger partial charge in [0.05, 0.1) is 0 Å². The Morgan fingerprint density at radius 1 is 1.21 bits per heavy atom. The molecule has 0 aliphatic heterocycles. The van der Waals surface area contributed by atoms with E-state index in [1.165, 1.54) is 19.3 Å². The highest BCUT2D eigenvalue weighted by Crippen LogP contribution is 2.63. The molecule has 4 fully saturated rings. The number of carbonyl (C=O) groups is 1. The summed E-state index contributed by atoms with van der Waals surface area (Å²) in [6, 6.07) is 0. The number of carbonyl (C=O) groups excluding carboxylic acids is 1. The van der Waals surface area contributed by atoms with Crippen molar-refractivity contribution in [1.82, 2.24) is 0 Å². The molecule has 4 aliphatic rings. The van der Waals surface area contributed by atoms with Crippen LogP contribution < -0.4 is 0 Å². The van der Waals surface area contributed by atoms with Gasteiger partial charge in [-0.1, -0.05) is 6.92 Å². The van der Waals surface area contributed by atoms with Crippen molar-refractivity contribution < 1.29 is 4.79 Å². The summed E-state index contributed by atoms with van der Waals surface area (Å²) >= 11 is 5.85. The van der Waals surface area contributed by atoms with E-state index < -0.39 is 0 Å². The van der Waals surface area contributed by atoms with Crippen LogP contribution in [-0.4, -0.2) is 5.24 Å². The zero-order valence-corrected chi connectivity index (χ0v) is 9.39. The molecule has 0 spiro atoms. The topological polar surface area (TPSA) is 17.1 Å². The molecule has 4 aliphatic carbocycles. The maximum atomic E-state index is 11.7. The molecule has 78 valence electrons. The van der Waals surface area contributed by atoms with Gasteiger partial charge >= 0.3 is 0 Å². The van der Waals surface area contributed by atoms with Crippen molar-refractivity contribution in [3.8, 4) is 0 Å². The molecule has 0 saturated heterocycles. The molecule has 0 aromatic carbocycles. The van der Waals surface area contributed by atoms with Crippen molar-refractivity contribution >= 4 is 16.8 Å². The van der Waals surface area contributed by atoms with Crippen LogP contribution in [0.1, 0.15) is 39.0 Å². The van der Waals surface area contributed by atoms with Crippen LogP contribution in [0.15, 0.2) is 0 Å². The van der Waals surface area contributed by atoms with E-state index in [0.717, 1.165) is 30.6 Å². The van der Waals surface area contributed by atoms with Gasteiger partial charge in [-0.05, 0) is 67.4 Å². The Morgan fingerprint density at radius 3 is 2.29 bits per heavy atom. The minimum atomic E-state index is -0.115. The summed E-state index contributed by atoms with van der Waals surface area (Å²) < 4.78 is 0. The van der Waals surface area contributed by atoms with E-state index in [1.807, 2.05) is 0 Å². The molecule has 1 nitrogen and oxygen atoms in total. The van der Waals surface area contributed by atoms with Gasteiger partial charge in [0.1, 0.15) is 0 Å². The highest BCUT2D eigenvalue weighted by molar-refractivity contribution is 6.64.